The van der Waals surface area contributed by atoms with Gasteiger partial charge in [-0.25, -0.2) is 0 Å². The van der Waals surface area contributed by atoms with Gasteiger partial charge in [-0.2, -0.15) is 0 Å². The van der Waals surface area contributed by atoms with Crippen molar-refractivity contribution >= 4 is 23.5 Å². The number of benzene rings is 1. The summed E-state index contributed by atoms with van der Waals surface area (Å²) in [6.07, 6.45) is 2.25. The highest BCUT2D eigenvalue weighted by Crippen LogP contribution is 2.30. The van der Waals surface area contributed by atoms with E-state index in [1.807, 2.05) is 30.5 Å². The molecule has 3 aromatic rings. The van der Waals surface area contributed by atoms with E-state index in [2.05, 4.69) is 23.2 Å². The van der Waals surface area contributed by atoms with Crippen molar-refractivity contribution in [1.82, 2.24) is 14.8 Å². The van der Waals surface area contributed by atoms with Crippen LogP contribution in [-0.4, -0.2) is 26.5 Å². The van der Waals surface area contributed by atoms with Gasteiger partial charge in [0.05, 0.1) is 12.8 Å². The van der Waals surface area contributed by atoms with Crippen molar-refractivity contribution in [3.63, 3.8) is 0 Å². The Kier molecular flexibility index (Phi) is 6.77. The van der Waals surface area contributed by atoms with Crippen LogP contribution < -0.4 is 5.73 Å². The zero-order valence-corrected chi connectivity index (χ0v) is 18.5. The van der Waals surface area contributed by atoms with Gasteiger partial charge in [0.25, 0.3) is 0 Å². The van der Waals surface area contributed by atoms with Crippen molar-refractivity contribution in [2.45, 2.75) is 58.0 Å². The van der Waals surface area contributed by atoms with Crippen LogP contribution in [0, 0.1) is 20.8 Å². The van der Waals surface area contributed by atoms with E-state index in [-0.39, 0.29) is 18.1 Å². The van der Waals surface area contributed by atoms with Crippen molar-refractivity contribution in [2.24, 2.45) is 5.73 Å². The van der Waals surface area contributed by atoms with Crippen molar-refractivity contribution in [3.8, 4) is 0 Å². The van der Waals surface area contributed by atoms with Gasteiger partial charge in [0.1, 0.15) is 11.6 Å². The predicted molar refractivity (Wildman–Crippen MR) is 116 cm³/mol. The lowest BCUT2D eigenvalue weighted by molar-refractivity contribution is -0.118. The van der Waals surface area contributed by atoms with Gasteiger partial charge in [-0.15, -0.1) is 10.2 Å². The summed E-state index contributed by atoms with van der Waals surface area (Å²) in [6.45, 7) is 8.11. The van der Waals surface area contributed by atoms with Crippen LogP contribution in [0.5, 0.6) is 0 Å². The van der Waals surface area contributed by atoms with Gasteiger partial charge in [0.2, 0.25) is 5.91 Å². The number of furan rings is 1. The van der Waals surface area contributed by atoms with E-state index >= 15 is 0 Å². The molecule has 0 atom stereocenters. The van der Waals surface area contributed by atoms with E-state index in [1.165, 1.54) is 0 Å². The van der Waals surface area contributed by atoms with E-state index in [0.29, 0.717) is 24.5 Å². The maximum Gasteiger partial charge on any atom is 0.217 e. The lowest BCUT2D eigenvalue weighted by Crippen LogP contribution is -2.14. The third-order valence-electron chi connectivity index (χ3n) is 5.11. The highest BCUT2D eigenvalue weighted by Gasteiger charge is 2.18. The van der Waals surface area contributed by atoms with Gasteiger partial charge >= 0.3 is 0 Å². The maximum absolute atomic E-state index is 12.1. The molecule has 0 unspecified atom stereocenters. The van der Waals surface area contributed by atoms with Crippen molar-refractivity contribution in [2.75, 3.05) is 0 Å². The average Bonchev–Trinajstić information content (AvgIpc) is 3.30. The van der Waals surface area contributed by atoms with Gasteiger partial charge < -0.3 is 10.2 Å². The molecule has 0 fully saturated rings. The second-order valence-corrected chi connectivity index (χ2v) is 8.31. The second-order valence-electron chi connectivity index (χ2n) is 7.36. The smallest absolute Gasteiger partial charge is 0.217 e. The summed E-state index contributed by atoms with van der Waals surface area (Å²) in [6, 6.07) is 5.78. The Morgan fingerprint density at radius 2 is 1.97 bits per heavy atom. The number of aromatic nitrogens is 3. The average molecular weight is 427 g/mol. The summed E-state index contributed by atoms with van der Waals surface area (Å²) in [5.74, 6) is 1.82. The monoisotopic (exact) mass is 426 g/mol. The van der Waals surface area contributed by atoms with Crippen molar-refractivity contribution < 1.29 is 14.0 Å². The molecule has 30 heavy (non-hydrogen) atoms. The number of nitrogens with zero attached hydrogens (tertiary/aromatic N) is 3. The number of hydrogen-bond donors (Lipinski definition) is 1. The largest absolute Gasteiger partial charge is 0.467 e. The van der Waals surface area contributed by atoms with E-state index in [0.717, 1.165) is 38.7 Å². The summed E-state index contributed by atoms with van der Waals surface area (Å²) in [7, 11) is 0. The molecule has 0 spiro atoms. The molecule has 1 amide bonds. The van der Waals surface area contributed by atoms with E-state index in [9.17, 15) is 9.59 Å². The lowest BCUT2D eigenvalue weighted by atomic mass is 9.92. The topological polar surface area (TPSA) is 104 Å². The quantitative estimate of drug-likeness (QED) is 0.413. The highest BCUT2D eigenvalue weighted by atomic mass is 32.2. The first kappa shape index (κ1) is 21.8. The van der Waals surface area contributed by atoms with Gasteiger partial charge in [-0.3, -0.25) is 14.2 Å². The summed E-state index contributed by atoms with van der Waals surface area (Å²) in [4.78, 5) is 23.3. The molecule has 1 aromatic carbocycles. The number of nitrogens with two attached hydrogens (primary N) is 1. The SMILES string of the molecule is CC(=O)c1c(C)cc(C)c(CSc2nnc(CCC(N)=O)n2Cc2ccco2)c1C. The van der Waals surface area contributed by atoms with Crippen LogP contribution in [0.25, 0.3) is 0 Å². The number of ketones is 1. The Labute approximate surface area is 180 Å². The van der Waals surface area contributed by atoms with Gasteiger partial charge in [-0.05, 0) is 62.1 Å². The van der Waals surface area contributed by atoms with Crippen LogP contribution in [0.2, 0.25) is 0 Å². The number of thioether (sulfide) groups is 1. The molecule has 7 nitrogen and oxygen atoms in total. The number of primary amides is 1. The molecule has 8 heteroatoms. The van der Waals surface area contributed by atoms with Gasteiger partial charge in [-0.1, -0.05) is 17.8 Å². The number of Topliss-reactive ketones (excluding diaryl/α,β-unsaturated/α-hetero) is 1. The molecule has 0 aliphatic carbocycles. The van der Waals surface area contributed by atoms with Crippen LogP contribution >= 0.6 is 11.8 Å². The summed E-state index contributed by atoms with van der Waals surface area (Å²) in [5, 5.41) is 9.34. The minimum Gasteiger partial charge on any atom is -0.467 e. The lowest BCUT2D eigenvalue weighted by Gasteiger charge is -2.16. The Morgan fingerprint density at radius 1 is 1.20 bits per heavy atom. The fraction of sp³-hybridized carbons (Fsp3) is 0.364. The standard InChI is InChI=1S/C22H26N4O3S/c1-13-10-14(2)21(16(4)27)15(3)18(13)12-30-22-25-24-20(8-7-19(23)28)26(22)11-17-6-5-9-29-17/h5-6,9-10H,7-8,11-12H2,1-4H3,(H2,23,28). The van der Waals surface area contributed by atoms with E-state index < -0.39 is 0 Å². The number of aryl methyl sites for hydroxylation is 3. The zero-order valence-electron chi connectivity index (χ0n) is 17.7. The second kappa shape index (κ2) is 9.30. The first-order chi connectivity index (χ1) is 14.3. The fourth-order valence-electron chi connectivity index (χ4n) is 3.69. The number of rotatable bonds is 9. The molecule has 3 rings (SSSR count). The predicted octanol–water partition coefficient (Wildman–Crippen LogP) is 3.76. The van der Waals surface area contributed by atoms with Crippen molar-refractivity contribution in [1.29, 1.82) is 0 Å². The number of amides is 1. The van der Waals surface area contributed by atoms with Crippen LogP contribution in [0.15, 0.2) is 34.0 Å². The molecular weight excluding hydrogens is 400 g/mol. The number of hydrogen-bond acceptors (Lipinski definition) is 6. The Balaban J connectivity index is 1.89. The van der Waals surface area contributed by atoms with E-state index in [1.54, 1.807) is 24.9 Å². The van der Waals surface area contributed by atoms with Gasteiger partial charge in [0, 0.05) is 24.2 Å². The van der Waals surface area contributed by atoms with Crippen molar-refractivity contribution in [3.05, 3.63) is 63.9 Å². The molecule has 158 valence electrons. The minimum absolute atomic E-state index is 0.0750. The Bertz CT molecular complexity index is 1070. The first-order valence-corrected chi connectivity index (χ1v) is 10.7. The van der Waals surface area contributed by atoms with Gasteiger partial charge in [0.15, 0.2) is 10.9 Å². The Hall–Kier alpha value is -2.87. The fourth-order valence-corrected chi connectivity index (χ4v) is 4.83. The molecule has 2 aromatic heterocycles. The molecule has 2 N–H and O–H groups in total. The molecule has 0 aliphatic heterocycles. The molecule has 0 radical (unpaired) electrons. The highest BCUT2D eigenvalue weighted by molar-refractivity contribution is 7.98. The third-order valence-corrected chi connectivity index (χ3v) is 6.10. The Morgan fingerprint density at radius 3 is 2.60 bits per heavy atom. The first-order valence-electron chi connectivity index (χ1n) is 9.74. The minimum atomic E-state index is -0.376. The number of carbonyl (C=O) groups is 2. The molecular formula is C22H26N4O3S. The normalized spacial score (nSPS) is 11.1. The molecule has 0 bridgehead atoms. The van der Waals surface area contributed by atoms with Crippen LogP contribution in [0.4, 0.5) is 0 Å². The van der Waals surface area contributed by atoms with Crippen LogP contribution in [0.3, 0.4) is 0 Å². The molecule has 2 heterocycles. The van der Waals surface area contributed by atoms with Crippen LogP contribution in [-0.2, 0) is 23.5 Å². The number of carbonyl (C=O) groups excluding carboxylic acids is 2. The molecule has 0 aliphatic rings. The zero-order chi connectivity index (χ0) is 21.8. The maximum atomic E-state index is 12.1. The molecule has 0 saturated heterocycles. The summed E-state index contributed by atoms with van der Waals surface area (Å²) < 4.78 is 7.44. The third kappa shape index (κ3) is 4.81. The molecule has 0 saturated carbocycles. The summed E-state index contributed by atoms with van der Waals surface area (Å²) in [5.41, 5.74) is 10.4. The van der Waals surface area contributed by atoms with Crippen LogP contribution in [0.1, 0.15) is 57.5 Å². The summed E-state index contributed by atoms with van der Waals surface area (Å²) >= 11 is 1.55. The van der Waals surface area contributed by atoms with E-state index in [4.69, 9.17) is 10.2 Å².